The van der Waals surface area contributed by atoms with E-state index in [9.17, 15) is 4.79 Å². The fourth-order valence-electron chi connectivity index (χ4n) is 3.07. The van der Waals surface area contributed by atoms with Crippen molar-refractivity contribution in [1.29, 1.82) is 0 Å². The summed E-state index contributed by atoms with van der Waals surface area (Å²) in [5.41, 5.74) is 10.1. The first-order valence-corrected chi connectivity index (χ1v) is 10.0. The van der Waals surface area contributed by atoms with Crippen molar-refractivity contribution in [1.82, 2.24) is 0 Å². The lowest BCUT2D eigenvalue weighted by molar-refractivity contribution is -0.148. The minimum atomic E-state index is -0.586. The number of hydrogen-bond acceptors (Lipinski definition) is 3. The third-order valence-electron chi connectivity index (χ3n) is 4.48. The Labute approximate surface area is 166 Å². The first kappa shape index (κ1) is 24.9. The van der Waals surface area contributed by atoms with Gasteiger partial charge in [0.25, 0.3) is 0 Å². The van der Waals surface area contributed by atoms with Crippen LogP contribution >= 0.6 is 12.4 Å². The molecule has 0 radical (unpaired) electrons. The van der Waals surface area contributed by atoms with Gasteiger partial charge in [-0.3, -0.25) is 4.79 Å². The number of unbranched alkanes of at least 4 members (excludes halogenated alkanes) is 4. The number of carbonyl (C=O) groups is 1. The van der Waals surface area contributed by atoms with Gasteiger partial charge in [0.1, 0.15) is 6.04 Å². The van der Waals surface area contributed by atoms with Crippen LogP contribution in [-0.4, -0.2) is 18.1 Å². The molecule has 1 aromatic rings. The molecule has 1 aromatic carbocycles. The standard InChI is InChI=1S/C22H37NO2.ClH/c1-5-7-9-11-19-14-13-18(15-20(19)12-10-8-6-2)16-21(23)22(24)25-17(3)4;/h13-15,17,21H,5-12,16,23H2,1-4H3;1H/t21-;/m0./s1. The molecule has 26 heavy (non-hydrogen) atoms. The minimum absolute atomic E-state index is 0. The molecule has 0 amide bonds. The van der Waals surface area contributed by atoms with Crippen LogP contribution in [0.15, 0.2) is 18.2 Å². The summed E-state index contributed by atoms with van der Waals surface area (Å²) in [5, 5.41) is 0. The van der Waals surface area contributed by atoms with Gasteiger partial charge in [-0.25, -0.2) is 0 Å². The largest absolute Gasteiger partial charge is 0.462 e. The smallest absolute Gasteiger partial charge is 0.323 e. The zero-order valence-electron chi connectivity index (χ0n) is 17.1. The Morgan fingerprint density at radius 1 is 1.00 bits per heavy atom. The maximum atomic E-state index is 11.9. The molecule has 0 heterocycles. The van der Waals surface area contributed by atoms with E-state index in [1.54, 1.807) is 0 Å². The van der Waals surface area contributed by atoms with Gasteiger partial charge >= 0.3 is 5.97 Å². The molecular weight excluding hydrogens is 346 g/mol. The quantitative estimate of drug-likeness (QED) is 0.388. The summed E-state index contributed by atoms with van der Waals surface area (Å²) < 4.78 is 5.22. The lowest BCUT2D eigenvalue weighted by Crippen LogP contribution is -2.35. The molecule has 4 heteroatoms. The zero-order chi connectivity index (χ0) is 18.7. The van der Waals surface area contributed by atoms with Crippen LogP contribution in [0.3, 0.4) is 0 Å². The number of carbonyl (C=O) groups excluding carboxylic acids is 1. The molecule has 1 atom stereocenters. The van der Waals surface area contributed by atoms with E-state index in [-0.39, 0.29) is 24.5 Å². The second-order valence-corrected chi connectivity index (χ2v) is 7.31. The Bertz CT molecular complexity index is 517. The van der Waals surface area contributed by atoms with Crippen molar-refractivity contribution in [3.63, 3.8) is 0 Å². The Morgan fingerprint density at radius 3 is 2.12 bits per heavy atom. The number of benzene rings is 1. The molecule has 0 spiro atoms. The van der Waals surface area contributed by atoms with Gasteiger partial charge in [-0.2, -0.15) is 0 Å². The van der Waals surface area contributed by atoms with E-state index >= 15 is 0 Å². The molecule has 0 bridgehead atoms. The normalized spacial score (nSPS) is 11.9. The summed E-state index contributed by atoms with van der Waals surface area (Å²) in [7, 11) is 0. The predicted molar refractivity (Wildman–Crippen MR) is 113 cm³/mol. The van der Waals surface area contributed by atoms with Crippen molar-refractivity contribution < 1.29 is 9.53 Å². The molecular formula is C22H38ClNO2. The topological polar surface area (TPSA) is 52.3 Å². The van der Waals surface area contributed by atoms with Crippen molar-refractivity contribution in [2.24, 2.45) is 5.73 Å². The average molecular weight is 384 g/mol. The van der Waals surface area contributed by atoms with Gasteiger partial charge in [0.2, 0.25) is 0 Å². The highest BCUT2D eigenvalue weighted by atomic mass is 35.5. The monoisotopic (exact) mass is 383 g/mol. The van der Waals surface area contributed by atoms with Gasteiger partial charge in [-0.15, -0.1) is 12.4 Å². The van der Waals surface area contributed by atoms with Crippen molar-refractivity contribution in [2.45, 2.75) is 97.6 Å². The number of esters is 1. The lowest BCUT2D eigenvalue weighted by atomic mass is 9.93. The van der Waals surface area contributed by atoms with Crippen molar-refractivity contribution in [2.75, 3.05) is 0 Å². The fourth-order valence-corrected chi connectivity index (χ4v) is 3.07. The lowest BCUT2D eigenvalue weighted by Gasteiger charge is -2.16. The van der Waals surface area contributed by atoms with Crippen molar-refractivity contribution >= 4 is 18.4 Å². The summed E-state index contributed by atoms with van der Waals surface area (Å²) in [4.78, 5) is 11.9. The zero-order valence-corrected chi connectivity index (χ0v) is 17.9. The Morgan fingerprint density at radius 2 is 1.58 bits per heavy atom. The highest BCUT2D eigenvalue weighted by Gasteiger charge is 2.17. The number of aryl methyl sites for hydroxylation is 2. The van der Waals surface area contributed by atoms with E-state index in [0.29, 0.717) is 6.42 Å². The number of halogens is 1. The molecule has 0 fully saturated rings. The molecule has 3 nitrogen and oxygen atoms in total. The molecule has 0 aliphatic heterocycles. The first-order chi connectivity index (χ1) is 12.0. The highest BCUT2D eigenvalue weighted by Crippen LogP contribution is 2.19. The van der Waals surface area contributed by atoms with E-state index in [1.807, 2.05) is 13.8 Å². The average Bonchev–Trinajstić information content (AvgIpc) is 2.56. The molecule has 150 valence electrons. The number of hydrogen-bond donors (Lipinski definition) is 1. The van der Waals surface area contributed by atoms with Crippen LogP contribution in [0.1, 0.15) is 82.9 Å². The molecule has 2 N–H and O–H groups in total. The summed E-state index contributed by atoms with van der Waals surface area (Å²) in [6, 6.07) is 6.05. The molecule has 0 aliphatic rings. The molecule has 0 aliphatic carbocycles. The summed E-state index contributed by atoms with van der Waals surface area (Å²) in [6.07, 6.45) is 10.2. The van der Waals surface area contributed by atoms with Gasteiger partial charge in [-0.05, 0) is 62.6 Å². The van der Waals surface area contributed by atoms with Crippen LogP contribution in [-0.2, 0) is 28.8 Å². The van der Waals surface area contributed by atoms with Gasteiger partial charge in [0, 0.05) is 0 Å². The number of nitrogens with two attached hydrogens (primary N) is 1. The van der Waals surface area contributed by atoms with Gasteiger partial charge < -0.3 is 10.5 Å². The Kier molecular flexibility index (Phi) is 13.5. The van der Waals surface area contributed by atoms with Crippen LogP contribution in [0, 0.1) is 0 Å². The van der Waals surface area contributed by atoms with Crippen LogP contribution in [0.2, 0.25) is 0 Å². The van der Waals surface area contributed by atoms with E-state index in [2.05, 4.69) is 32.0 Å². The fraction of sp³-hybridized carbons (Fsp3) is 0.682. The molecule has 0 saturated carbocycles. The van der Waals surface area contributed by atoms with Gasteiger partial charge in [0.15, 0.2) is 0 Å². The molecule has 0 saturated heterocycles. The second-order valence-electron chi connectivity index (χ2n) is 7.31. The SMILES string of the molecule is CCCCCc1ccc(C[C@H](N)C(=O)OC(C)C)cc1CCCCC.Cl. The van der Waals surface area contributed by atoms with E-state index < -0.39 is 6.04 Å². The van der Waals surface area contributed by atoms with Crippen LogP contribution in [0.5, 0.6) is 0 Å². The maximum Gasteiger partial charge on any atom is 0.323 e. The summed E-state index contributed by atoms with van der Waals surface area (Å²) in [5.74, 6) is -0.311. The Balaban J connectivity index is 0.00000625. The van der Waals surface area contributed by atoms with E-state index in [4.69, 9.17) is 10.5 Å². The van der Waals surface area contributed by atoms with Gasteiger partial charge in [0.05, 0.1) is 6.10 Å². The third kappa shape index (κ3) is 9.59. The minimum Gasteiger partial charge on any atom is -0.462 e. The van der Waals surface area contributed by atoms with E-state index in [1.165, 1.54) is 49.7 Å². The second kappa shape index (κ2) is 14.1. The number of rotatable bonds is 12. The van der Waals surface area contributed by atoms with E-state index in [0.717, 1.165) is 18.4 Å². The molecule has 0 unspecified atom stereocenters. The van der Waals surface area contributed by atoms with Crippen LogP contribution in [0.25, 0.3) is 0 Å². The third-order valence-corrected chi connectivity index (χ3v) is 4.48. The number of ether oxygens (including phenoxy) is 1. The van der Waals surface area contributed by atoms with Crippen LogP contribution in [0.4, 0.5) is 0 Å². The highest BCUT2D eigenvalue weighted by molar-refractivity contribution is 5.85. The van der Waals surface area contributed by atoms with Gasteiger partial charge in [-0.1, -0.05) is 57.7 Å². The predicted octanol–water partition coefficient (Wildman–Crippen LogP) is 5.40. The molecule has 0 aromatic heterocycles. The van der Waals surface area contributed by atoms with Crippen molar-refractivity contribution in [3.8, 4) is 0 Å². The maximum absolute atomic E-state index is 11.9. The summed E-state index contributed by atoms with van der Waals surface area (Å²) >= 11 is 0. The summed E-state index contributed by atoms with van der Waals surface area (Å²) in [6.45, 7) is 8.17. The van der Waals surface area contributed by atoms with Crippen molar-refractivity contribution in [3.05, 3.63) is 34.9 Å². The molecule has 1 rings (SSSR count). The Hall–Kier alpha value is -1.06. The van der Waals surface area contributed by atoms with Crippen LogP contribution < -0.4 is 5.73 Å². The first-order valence-electron chi connectivity index (χ1n) is 10.0.